The van der Waals surface area contributed by atoms with Gasteiger partial charge in [0.1, 0.15) is 11.4 Å². The van der Waals surface area contributed by atoms with Crippen LogP contribution in [0.4, 0.5) is 9.18 Å². The van der Waals surface area contributed by atoms with E-state index in [0.717, 1.165) is 0 Å². The largest absolute Gasteiger partial charge is 0.453 e. The maximum Gasteiger partial charge on any atom is 0.410 e. The maximum absolute atomic E-state index is 14.3. The zero-order chi connectivity index (χ0) is 22.4. The predicted molar refractivity (Wildman–Crippen MR) is 114 cm³/mol. The average Bonchev–Trinajstić information content (AvgIpc) is 2.73. The second-order valence-corrected chi connectivity index (χ2v) is 8.11. The molecule has 8 heteroatoms. The summed E-state index contributed by atoms with van der Waals surface area (Å²) in [7, 11) is 0. The van der Waals surface area contributed by atoms with Crippen molar-refractivity contribution in [1.82, 2.24) is 14.8 Å². The van der Waals surface area contributed by atoms with Gasteiger partial charge in [0, 0.05) is 38.5 Å². The fraction of sp³-hybridized carbons (Fsp3) is 0.348. The fourth-order valence-electron chi connectivity index (χ4n) is 2.95. The van der Waals surface area contributed by atoms with Crippen LogP contribution in [0.2, 0.25) is 0 Å². The molecule has 0 saturated carbocycles. The van der Waals surface area contributed by atoms with Crippen LogP contribution in [0, 0.1) is 5.82 Å². The van der Waals surface area contributed by atoms with Crippen LogP contribution < -0.4 is 4.74 Å². The summed E-state index contributed by atoms with van der Waals surface area (Å²) in [6, 6.07) is 7.85. The average molecular weight is 427 g/mol. The molecule has 2 aromatic rings. The standard InChI is InChI=1S/C23H26FN3O4/c1-23(2,3)31-22(29)27-13-11-26(12-14-27)21(28)9-7-17-6-8-20(19(24)15-17)30-18-5-4-10-25-16-18/h4-10,15-16H,11-14H2,1-3H3/b9-7+. The van der Waals surface area contributed by atoms with E-state index in [1.54, 1.807) is 40.3 Å². The highest BCUT2D eigenvalue weighted by atomic mass is 19.1. The van der Waals surface area contributed by atoms with E-state index >= 15 is 0 Å². The summed E-state index contributed by atoms with van der Waals surface area (Å²) in [5.41, 5.74) is -0.0163. The van der Waals surface area contributed by atoms with Crippen molar-refractivity contribution in [3.8, 4) is 11.5 Å². The van der Waals surface area contributed by atoms with Gasteiger partial charge in [0.05, 0.1) is 6.20 Å². The Kier molecular flexibility index (Phi) is 6.89. The van der Waals surface area contributed by atoms with Gasteiger partial charge in [-0.2, -0.15) is 0 Å². The summed E-state index contributed by atoms with van der Waals surface area (Å²) >= 11 is 0. The summed E-state index contributed by atoms with van der Waals surface area (Å²) in [5.74, 6) is -0.218. The summed E-state index contributed by atoms with van der Waals surface area (Å²) in [5, 5.41) is 0. The molecule has 2 heterocycles. The number of hydrogen-bond acceptors (Lipinski definition) is 5. The van der Waals surface area contributed by atoms with E-state index in [2.05, 4.69) is 4.98 Å². The molecule has 0 atom stereocenters. The molecule has 1 aromatic heterocycles. The lowest BCUT2D eigenvalue weighted by Gasteiger charge is -2.35. The predicted octanol–water partition coefficient (Wildman–Crippen LogP) is 4.11. The summed E-state index contributed by atoms with van der Waals surface area (Å²) < 4.78 is 25.1. The van der Waals surface area contributed by atoms with Gasteiger partial charge < -0.3 is 19.3 Å². The summed E-state index contributed by atoms with van der Waals surface area (Å²) in [4.78, 5) is 31.7. The minimum absolute atomic E-state index is 0.0785. The molecule has 164 valence electrons. The molecular weight excluding hydrogens is 401 g/mol. The van der Waals surface area contributed by atoms with E-state index in [4.69, 9.17) is 9.47 Å². The molecule has 7 nitrogen and oxygen atoms in total. The Bertz CT molecular complexity index is 949. The Balaban J connectivity index is 1.53. The molecule has 0 unspecified atom stereocenters. The number of nitrogens with zero attached hydrogens (tertiary/aromatic N) is 3. The third-order valence-corrected chi connectivity index (χ3v) is 4.48. The number of ether oxygens (including phenoxy) is 2. The third-order valence-electron chi connectivity index (χ3n) is 4.48. The highest BCUT2D eigenvalue weighted by Crippen LogP contribution is 2.25. The molecule has 0 spiro atoms. The Morgan fingerprint density at radius 2 is 1.81 bits per heavy atom. The first-order valence-corrected chi connectivity index (χ1v) is 10.0. The molecular formula is C23H26FN3O4. The molecule has 0 radical (unpaired) electrons. The molecule has 1 aromatic carbocycles. The number of piperazine rings is 1. The number of carbonyl (C=O) groups is 2. The normalized spacial score (nSPS) is 14.6. The summed E-state index contributed by atoms with van der Waals surface area (Å²) in [6.45, 7) is 7.08. The van der Waals surface area contributed by atoms with Gasteiger partial charge in [-0.15, -0.1) is 0 Å². The van der Waals surface area contributed by atoms with Crippen molar-refractivity contribution in [2.75, 3.05) is 26.2 Å². The van der Waals surface area contributed by atoms with Gasteiger partial charge in [-0.05, 0) is 56.7 Å². The van der Waals surface area contributed by atoms with Crippen molar-refractivity contribution < 1.29 is 23.5 Å². The molecule has 1 aliphatic rings. The minimum Gasteiger partial charge on any atom is -0.453 e. The zero-order valence-corrected chi connectivity index (χ0v) is 17.9. The van der Waals surface area contributed by atoms with Crippen LogP contribution in [-0.4, -0.2) is 58.6 Å². The number of rotatable bonds is 4. The highest BCUT2D eigenvalue weighted by molar-refractivity contribution is 5.92. The number of carbonyl (C=O) groups excluding carboxylic acids is 2. The first kappa shape index (κ1) is 22.3. The van der Waals surface area contributed by atoms with Crippen LogP contribution in [0.15, 0.2) is 48.8 Å². The molecule has 31 heavy (non-hydrogen) atoms. The Morgan fingerprint density at radius 1 is 1.10 bits per heavy atom. The number of pyridine rings is 1. The molecule has 1 aliphatic heterocycles. The first-order chi connectivity index (χ1) is 14.7. The quantitative estimate of drug-likeness (QED) is 0.687. The van der Waals surface area contributed by atoms with Crippen LogP contribution in [-0.2, 0) is 9.53 Å². The number of aromatic nitrogens is 1. The lowest BCUT2D eigenvalue weighted by Crippen LogP contribution is -2.51. The van der Waals surface area contributed by atoms with Gasteiger partial charge in [-0.25, -0.2) is 9.18 Å². The van der Waals surface area contributed by atoms with E-state index in [-0.39, 0.29) is 17.7 Å². The monoisotopic (exact) mass is 427 g/mol. The second-order valence-electron chi connectivity index (χ2n) is 8.11. The van der Waals surface area contributed by atoms with E-state index in [0.29, 0.717) is 37.5 Å². The number of benzene rings is 1. The zero-order valence-electron chi connectivity index (χ0n) is 17.9. The molecule has 2 amide bonds. The molecule has 3 rings (SSSR count). The molecule has 0 bridgehead atoms. The maximum atomic E-state index is 14.3. The SMILES string of the molecule is CC(C)(C)OC(=O)N1CCN(C(=O)/C=C/c2ccc(Oc3cccnc3)c(F)c2)CC1. The Labute approximate surface area is 181 Å². The number of hydrogen-bond donors (Lipinski definition) is 0. The van der Waals surface area contributed by atoms with Gasteiger partial charge in [0.2, 0.25) is 5.91 Å². The van der Waals surface area contributed by atoms with Crippen LogP contribution in [0.1, 0.15) is 26.3 Å². The van der Waals surface area contributed by atoms with Crippen LogP contribution >= 0.6 is 0 Å². The molecule has 0 aliphatic carbocycles. The fourth-order valence-corrected chi connectivity index (χ4v) is 2.95. The smallest absolute Gasteiger partial charge is 0.410 e. The topological polar surface area (TPSA) is 72.0 Å². The van der Waals surface area contributed by atoms with E-state index in [1.165, 1.54) is 24.4 Å². The van der Waals surface area contributed by atoms with E-state index in [9.17, 15) is 14.0 Å². The van der Waals surface area contributed by atoms with Gasteiger partial charge in [0.15, 0.2) is 11.6 Å². The van der Waals surface area contributed by atoms with Crippen LogP contribution in [0.25, 0.3) is 6.08 Å². The van der Waals surface area contributed by atoms with Crippen LogP contribution in [0.3, 0.4) is 0 Å². The van der Waals surface area contributed by atoms with Crippen molar-refractivity contribution in [2.24, 2.45) is 0 Å². The molecule has 0 N–H and O–H groups in total. The minimum atomic E-state index is -0.555. The lowest BCUT2D eigenvalue weighted by molar-refractivity contribution is -0.127. The van der Waals surface area contributed by atoms with Gasteiger partial charge in [0.25, 0.3) is 0 Å². The Hall–Kier alpha value is -3.42. The van der Waals surface area contributed by atoms with Crippen LogP contribution in [0.5, 0.6) is 11.5 Å². The van der Waals surface area contributed by atoms with Crippen molar-refractivity contribution >= 4 is 18.1 Å². The van der Waals surface area contributed by atoms with Crippen molar-refractivity contribution in [3.05, 3.63) is 60.2 Å². The number of amides is 2. The molecule has 1 fully saturated rings. The third kappa shape index (κ3) is 6.53. The summed E-state index contributed by atoms with van der Waals surface area (Å²) in [6.07, 6.45) is 5.68. The molecule has 1 saturated heterocycles. The Morgan fingerprint density at radius 3 is 2.42 bits per heavy atom. The van der Waals surface area contributed by atoms with Gasteiger partial charge in [-0.1, -0.05) is 6.07 Å². The van der Waals surface area contributed by atoms with Crippen molar-refractivity contribution in [1.29, 1.82) is 0 Å². The first-order valence-electron chi connectivity index (χ1n) is 10.0. The van der Waals surface area contributed by atoms with Gasteiger partial charge in [-0.3, -0.25) is 9.78 Å². The van der Waals surface area contributed by atoms with Crippen molar-refractivity contribution in [2.45, 2.75) is 26.4 Å². The number of halogens is 1. The highest BCUT2D eigenvalue weighted by Gasteiger charge is 2.26. The lowest BCUT2D eigenvalue weighted by atomic mass is 10.2. The van der Waals surface area contributed by atoms with Gasteiger partial charge >= 0.3 is 6.09 Å². The second kappa shape index (κ2) is 9.59. The van der Waals surface area contributed by atoms with E-state index in [1.807, 2.05) is 20.8 Å². The van der Waals surface area contributed by atoms with E-state index < -0.39 is 11.4 Å². The van der Waals surface area contributed by atoms with Crippen molar-refractivity contribution in [3.63, 3.8) is 0 Å².